The molecule has 1 saturated heterocycles. The number of anilines is 4. The summed E-state index contributed by atoms with van der Waals surface area (Å²) in [6.45, 7) is 2.45. The summed E-state index contributed by atoms with van der Waals surface area (Å²) >= 11 is 5.90. The molecule has 1 fully saturated rings. The lowest BCUT2D eigenvalue weighted by Gasteiger charge is -2.27. The Balaban J connectivity index is 1.55. The summed E-state index contributed by atoms with van der Waals surface area (Å²) in [5.41, 5.74) is 4.28. The van der Waals surface area contributed by atoms with Crippen LogP contribution in [0.15, 0.2) is 53.6 Å². The molecule has 0 bridgehead atoms. The second-order valence-corrected chi connectivity index (χ2v) is 7.17. The van der Waals surface area contributed by atoms with Crippen LogP contribution in [0.2, 0.25) is 5.02 Å². The van der Waals surface area contributed by atoms with Gasteiger partial charge in [0.25, 0.3) is 5.69 Å². The van der Waals surface area contributed by atoms with Gasteiger partial charge >= 0.3 is 0 Å². The largest absolute Gasteiger partial charge is 0.378 e. The number of non-ortho nitro benzene ring substituents is 1. The minimum Gasteiger partial charge on any atom is -0.378 e. The molecule has 12 heteroatoms. The van der Waals surface area contributed by atoms with Crippen molar-refractivity contribution in [1.82, 2.24) is 15.0 Å². The van der Waals surface area contributed by atoms with Crippen molar-refractivity contribution in [1.29, 1.82) is 0 Å². The van der Waals surface area contributed by atoms with E-state index in [-0.39, 0.29) is 17.6 Å². The minimum absolute atomic E-state index is 0.000838. The topological polar surface area (TPSA) is 131 Å². The normalized spacial score (nSPS) is 13.8. The van der Waals surface area contributed by atoms with Crippen molar-refractivity contribution in [3.8, 4) is 0 Å². The van der Waals surface area contributed by atoms with Crippen molar-refractivity contribution in [2.45, 2.75) is 0 Å². The zero-order valence-electron chi connectivity index (χ0n) is 16.8. The van der Waals surface area contributed by atoms with E-state index >= 15 is 0 Å². The number of aromatic nitrogens is 3. The highest BCUT2D eigenvalue weighted by atomic mass is 35.5. The van der Waals surface area contributed by atoms with E-state index < -0.39 is 4.92 Å². The van der Waals surface area contributed by atoms with Crippen LogP contribution < -0.4 is 15.6 Å². The third-order valence-corrected chi connectivity index (χ3v) is 4.75. The van der Waals surface area contributed by atoms with Crippen LogP contribution in [-0.4, -0.2) is 52.4 Å². The molecule has 11 nitrogen and oxygen atoms in total. The molecule has 0 amide bonds. The number of morpholine rings is 1. The van der Waals surface area contributed by atoms with Crippen LogP contribution in [0.3, 0.4) is 0 Å². The van der Waals surface area contributed by atoms with Crippen LogP contribution in [0.25, 0.3) is 0 Å². The molecule has 0 radical (unpaired) electrons. The van der Waals surface area contributed by atoms with E-state index in [1.54, 1.807) is 30.5 Å². The van der Waals surface area contributed by atoms with Gasteiger partial charge in [-0.05, 0) is 29.8 Å². The molecule has 1 aliphatic heterocycles. The lowest BCUT2D eigenvalue weighted by molar-refractivity contribution is -0.384. The van der Waals surface area contributed by atoms with Crippen LogP contribution in [-0.2, 0) is 4.74 Å². The SMILES string of the molecule is O=[N+]([O-])c1ccc(Nc2nc(N/N=C\c3ccc(Cl)cc3)nc(N3CCOCC3)n2)cc1. The van der Waals surface area contributed by atoms with Gasteiger partial charge in [-0.2, -0.15) is 20.1 Å². The molecular weight excluding hydrogens is 436 g/mol. The second kappa shape index (κ2) is 9.98. The number of nitrogens with one attached hydrogen (secondary N) is 2. The summed E-state index contributed by atoms with van der Waals surface area (Å²) in [4.78, 5) is 25.7. The minimum atomic E-state index is -0.454. The van der Waals surface area contributed by atoms with Gasteiger partial charge in [-0.3, -0.25) is 10.1 Å². The van der Waals surface area contributed by atoms with Gasteiger partial charge in [0.2, 0.25) is 17.8 Å². The molecule has 0 spiro atoms. The summed E-state index contributed by atoms with van der Waals surface area (Å²) in [5, 5.41) is 18.8. The molecule has 2 heterocycles. The Bertz CT molecular complexity index is 1100. The fourth-order valence-corrected chi connectivity index (χ4v) is 3.01. The molecule has 0 unspecified atom stereocenters. The monoisotopic (exact) mass is 454 g/mol. The Labute approximate surface area is 188 Å². The standard InChI is InChI=1S/C20H19ClN8O3/c21-15-3-1-14(2-4-15)13-22-27-19-24-18(23-16-5-7-17(8-6-16)29(30)31)25-20(26-19)28-9-11-32-12-10-28/h1-8,13H,9-12H2,(H2,23,24,25,26,27)/b22-13-. The maximum Gasteiger partial charge on any atom is 0.269 e. The Morgan fingerprint density at radius 3 is 2.41 bits per heavy atom. The fourth-order valence-electron chi connectivity index (χ4n) is 2.88. The predicted molar refractivity (Wildman–Crippen MR) is 122 cm³/mol. The molecule has 32 heavy (non-hydrogen) atoms. The number of nitrogens with zero attached hydrogens (tertiary/aromatic N) is 6. The lowest BCUT2D eigenvalue weighted by atomic mass is 10.2. The van der Waals surface area contributed by atoms with Crippen LogP contribution in [0.4, 0.5) is 29.2 Å². The fraction of sp³-hybridized carbons (Fsp3) is 0.200. The molecule has 4 rings (SSSR count). The second-order valence-electron chi connectivity index (χ2n) is 6.73. The van der Waals surface area contributed by atoms with E-state index in [4.69, 9.17) is 16.3 Å². The van der Waals surface area contributed by atoms with Crippen molar-refractivity contribution in [3.05, 3.63) is 69.2 Å². The summed E-state index contributed by atoms with van der Waals surface area (Å²) in [6, 6.07) is 13.2. The number of nitro groups is 1. The number of hydrazone groups is 1. The maximum atomic E-state index is 10.9. The summed E-state index contributed by atoms with van der Waals surface area (Å²) in [5.74, 6) is 0.993. The van der Waals surface area contributed by atoms with Crippen LogP contribution in [0, 0.1) is 10.1 Å². The van der Waals surface area contributed by atoms with Gasteiger partial charge in [0.05, 0.1) is 24.4 Å². The smallest absolute Gasteiger partial charge is 0.269 e. The van der Waals surface area contributed by atoms with E-state index in [0.717, 1.165) is 5.56 Å². The van der Waals surface area contributed by atoms with Gasteiger partial charge in [0, 0.05) is 35.9 Å². The van der Waals surface area contributed by atoms with Crippen molar-refractivity contribution in [2.24, 2.45) is 5.10 Å². The van der Waals surface area contributed by atoms with Crippen molar-refractivity contribution in [2.75, 3.05) is 41.9 Å². The molecule has 164 valence electrons. The molecule has 3 aromatic rings. The zero-order chi connectivity index (χ0) is 22.3. The number of ether oxygens (including phenoxy) is 1. The third-order valence-electron chi connectivity index (χ3n) is 4.50. The van der Waals surface area contributed by atoms with Crippen LogP contribution in [0.1, 0.15) is 5.56 Å². The molecule has 2 N–H and O–H groups in total. The van der Waals surface area contributed by atoms with Gasteiger partial charge in [0.15, 0.2) is 0 Å². The lowest BCUT2D eigenvalue weighted by Crippen LogP contribution is -2.37. The van der Waals surface area contributed by atoms with Crippen molar-refractivity contribution < 1.29 is 9.66 Å². The highest BCUT2D eigenvalue weighted by Gasteiger charge is 2.17. The van der Waals surface area contributed by atoms with E-state index in [2.05, 4.69) is 30.8 Å². The maximum absolute atomic E-state index is 10.9. The van der Waals surface area contributed by atoms with Crippen LogP contribution >= 0.6 is 11.6 Å². The Kier molecular flexibility index (Phi) is 6.68. The Hall–Kier alpha value is -3.83. The molecule has 0 saturated carbocycles. The van der Waals surface area contributed by atoms with E-state index in [1.165, 1.54) is 12.1 Å². The number of nitro benzene ring substituents is 1. The first kappa shape index (κ1) is 21.4. The first-order chi connectivity index (χ1) is 15.6. The average molecular weight is 455 g/mol. The first-order valence-electron chi connectivity index (χ1n) is 9.72. The predicted octanol–water partition coefficient (Wildman–Crippen LogP) is 3.46. The third kappa shape index (κ3) is 5.65. The Morgan fingerprint density at radius 1 is 1.03 bits per heavy atom. The van der Waals surface area contributed by atoms with E-state index in [9.17, 15) is 10.1 Å². The summed E-state index contributed by atoms with van der Waals surface area (Å²) in [6.07, 6.45) is 1.62. The van der Waals surface area contributed by atoms with Gasteiger partial charge in [-0.25, -0.2) is 5.43 Å². The number of halogens is 1. The molecule has 1 aromatic heterocycles. The highest BCUT2D eigenvalue weighted by molar-refractivity contribution is 6.30. The summed E-state index contributed by atoms with van der Waals surface area (Å²) in [7, 11) is 0. The van der Waals surface area contributed by atoms with Gasteiger partial charge in [0.1, 0.15) is 0 Å². The quantitative estimate of drug-likeness (QED) is 0.313. The molecule has 0 atom stereocenters. The highest BCUT2D eigenvalue weighted by Crippen LogP contribution is 2.21. The molecule has 1 aliphatic rings. The average Bonchev–Trinajstić information content (AvgIpc) is 2.81. The Morgan fingerprint density at radius 2 is 1.72 bits per heavy atom. The number of hydrogen-bond acceptors (Lipinski definition) is 10. The van der Waals surface area contributed by atoms with E-state index in [0.29, 0.717) is 43.0 Å². The van der Waals surface area contributed by atoms with Crippen molar-refractivity contribution in [3.63, 3.8) is 0 Å². The molecule has 2 aromatic carbocycles. The number of rotatable bonds is 7. The van der Waals surface area contributed by atoms with Gasteiger partial charge in [-0.15, -0.1) is 0 Å². The van der Waals surface area contributed by atoms with Gasteiger partial charge in [-0.1, -0.05) is 23.7 Å². The van der Waals surface area contributed by atoms with Crippen molar-refractivity contribution >= 4 is 47.0 Å². The van der Waals surface area contributed by atoms with Crippen LogP contribution in [0.5, 0.6) is 0 Å². The van der Waals surface area contributed by atoms with Gasteiger partial charge < -0.3 is 15.0 Å². The number of benzene rings is 2. The van der Waals surface area contributed by atoms with E-state index in [1.807, 2.05) is 17.0 Å². The summed E-state index contributed by atoms with van der Waals surface area (Å²) < 4.78 is 5.40. The molecule has 0 aliphatic carbocycles. The first-order valence-corrected chi connectivity index (χ1v) is 10.1. The zero-order valence-corrected chi connectivity index (χ0v) is 17.6. The number of hydrogen-bond donors (Lipinski definition) is 2. The molecular formula is C20H19ClN8O3.